The van der Waals surface area contributed by atoms with Gasteiger partial charge in [-0.15, -0.1) is 5.10 Å². The van der Waals surface area contributed by atoms with Crippen LogP contribution >= 0.6 is 0 Å². The minimum atomic E-state index is -0.241. The highest BCUT2D eigenvalue weighted by Crippen LogP contribution is 2.53. The van der Waals surface area contributed by atoms with Gasteiger partial charge in [0.25, 0.3) is 5.89 Å². The molecule has 1 spiro atoms. The first kappa shape index (κ1) is 17.0. The maximum Gasteiger partial charge on any atom is 0.316 e. The second-order valence-corrected chi connectivity index (χ2v) is 7.74. The van der Waals surface area contributed by atoms with Crippen LogP contribution in [0.5, 0.6) is 0 Å². The number of aromatic nitrogens is 3. The fourth-order valence-electron chi connectivity index (χ4n) is 3.95. The van der Waals surface area contributed by atoms with Crippen molar-refractivity contribution in [2.45, 2.75) is 25.7 Å². The Morgan fingerprint density at radius 3 is 2.75 bits per heavy atom. The van der Waals surface area contributed by atoms with Gasteiger partial charge in [-0.1, -0.05) is 29.4 Å². The zero-order valence-corrected chi connectivity index (χ0v) is 15.4. The number of carbonyl (C=O) groups excluding carboxylic acids is 1. The minimum absolute atomic E-state index is 0.0359. The number of aromatic amines is 1. The SMILES string of the molecule is O=C(CNc1nnc(-c2[nH]c(=O)cc3ccccc23)o1)N1CCC2(CC1)CC2. The van der Waals surface area contributed by atoms with Crippen LogP contribution < -0.4 is 10.9 Å². The number of anilines is 1. The molecular formula is C20H21N5O3. The lowest BCUT2D eigenvalue weighted by Gasteiger charge is -2.32. The summed E-state index contributed by atoms with van der Waals surface area (Å²) in [6, 6.07) is 9.16. The number of carbonyl (C=O) groups is 1. The zero-order chi connectivity index (χ0) is 19.1. The van der Waals surface area contributed by atoms with Crippen LogP contribution in [0.4, 0.5) is 6.01 Å². The Morgan fingerprint density at radius 2 is 1.96 bits per heavy atom. The molecule has 0 atom stereocenters. The van der Waals surface area contributed by atoms with E-state index in [1.807, 2.05) is 29.2 Å². The normalized spacial score (nSPS) is 17.8. The Kier molecular flexibility index (Phi) is 3.92. The van der Waals surface area contributed by atoms with Crippen molar-refractivity contribution in [3.05, 3.63) is 40.7 Å². The van der Waals surface area contributed by atoms with Gasteiger partial charge in [-0.25, -0.2) is 0 Å². The lowest BCUT2D eigenvalue weighted by atomic mass is 9.94. The van der Waals surface area contributed by atoms with Crippen LogP contribution in [-0.2, 0) is 4.79 Å². The predicted octanol–water partition coefficient (Wildman–Crippen LogP) is 2.39. The summed E-state index contributed by atoms with van der Waals surface area (Å²) in [5.41, 5.74) is 0.775. The molecule has 2 aromatic heterocycles. The van der Waals surface area contributed by atoms with Crippen LogP contribution in [0.25, 0.3) is 22.4 Å². The first-order valence-corrected chi connectivity index (χ1v) is 9.60. The third-order valence-corrected chi connectivity index (χ3v) is 5.93. The highest BCUT2D eigenvalue weighted by molar-refractivity contribution is 5.92. The average Bonchev–Trinajstić information content (AvgIpc) is 3.29. The Labute approximate surface area is 160 Å². The van der Waals surface area contributed by atoms with E-state index in [-0.39, 0.29) is 29.9 Å². The number of hydrogen-bond donors (Lipinski definition) is 2. The number of likely N-dealkylation sites (tertiary alicyclic amines) is 1. The highest BCUT2D eigenvalue weighted by Gasteiger charge is 2.44. The summed E-state index contributed by atoms with van der Waals surface area (Å²) < 4.78 is 5.64. The molecule has 0 unspecified atom stereocenters. The van der Waals surface area contributed by atoms with Crippen molar-refractivity contribution in [3.63, 3.8) is 0 Å². The van der Waals surface area contributed by atoms with Gasteiger partial charge < -0.3 is 19.6 Å². The third kappa shape index (κ3) is 3.15. The molecule has 3 heterocycles. The van der Waals surface area contributed by atoms with Gasteiger partial charge in [0.15, 0.2) is 0 Å². The predicted molar refractivity (Wildman–Crippen MR) is 104 cm³/mol. The van der Waals surface area contributed by atoms with E-state index in [1.165, 1.54) is 18.9 Å². The summed E-state index contributed by atoms with van der Waals surface area (Å²) in [5, 5.41) is 12.5. The number of H-pyrrole nitrogens is 1. The fraction of sp³-hybridized carbons (Fsp3) is 0.400. The average molecular weight is 379 g/mol. The van der Waals surface area contributed by atoms with Gasteiger partial charge in [-0.2, -0.15) is 0 Å². The summed E-state index contributed by atoms with van der Waals surface area (Å²) in [7, 11) is 0. The number of hydrogen-bond acceptors (Lipinski definition) is 6. The van der Waals surface area contributed by atoms with Gasteiger partial charge in [0.05, 0.1) is 6.54 Å². The summed E-state index contributed by atoms with van der Waals surface area (Å²) >= 11 is 0. The Hall–Kier alpha value is -3.16. The van der Waals surface area contributed by atoms with Crippen molar-refractivity contribution in [2.24, 2.45) is 5.41 Å². The van der Waals surface area contributed by atoms with E-state index in [1.54, 1.807) is 0 Å². The molecule has 0 radical (unpaired) electrons. The van der Waals surface area contributed by atoms with E-state index in [0.29, 0.717) is 11.1 Å². The first-order chi connectivity index (χ1) is 13.6. The van der Waals surface area contributed by atoms with Gasteiger partial charge in [0, 0.05) is 24.5 Å². The Bertz CT molecular complexity index is 1090. The molecule has 1 saturated carbocycles. The number of piperidine rings is 1. The van der Waals surface area contributed by atoms with E-state index in [4.69, 9.17) is 4.42 Å². The summed E-state index contributed by atoms with van der Waals surface area (Å²) in [4.78, 5) is 29.0. The second-order valence-electron chi connectivity index (χ2n) is 7.74. The van der Waals surface area contributed by atoms with Crippen molar-refractivity contribution in [3.8, 4) is 11.6 Å². The van der Waals surface area contributed by atoms with E-state index < -0.39 is 0 Å². The second kappa shape index (κ2) is 6.47. The topological polar surface area (TPSA) is 104 Å². The maximum atomic E-state index is 12.4. The molecule has 1 aromatic carbocycles. The molecule has 0 bridgehead atoms. The molecule has 8 nitrogen and oxygen atoms in total. The number of rotatable bonds is 4. The number of amides is 1. The van der Waals surface area contributed by atoms with Gasteiger partial charge in [-0.3, -0.25) is 9.59 Å². The number of benzene rings is 1. The molecule has 144 valence electrons. The Balaban J connectivity index is 1.28. The molecule has 2 fully saturated rings. The van der Waals surface area contributed by atoms with Gasteiger partial charge in [0.2, 0.25) is 11.5 Å². The zero-order valence-electron chi connectivity index (χ0n) is 15.4. The highest BCUT2D eigenvalue weighted by atomic mass is 16.4. The van der Waals surface area contributed by atoms with E-state index in [2.05, 4.69) is 20.5 Å². The van der Waals surface area contributed by atoms with E-state index >= 15 is 0 Å². The van der Waals surface area contributed by atoms with Crippen molar-refractivity contribution >= 4 is 22.7 Å². The molecule has 8 heteroatoms. The quantitative estimate of drug-likeness (QED) is 0.721. The fourth-order valence-corrected chi connectivity index (χ4v) is 3.95. The Morgan fingerprint density at radius 1 is 1.18 bits per heavy atom. The number of nitrogens with one attached hydrogen (secondary N) is 2. The molecule has 1 aliphatic heterocycles. The summed E-state index contributed by atoms with van der Waals surface area (Å²) in [6.45, 7) is 1.76. The number of fused-ring (bicyclic) bond motifs is 1. The van der Waals surface area contributed by atoms with Crippen LogP contribution in [0.2, 0.25) is 0 Å². The lowest BCUT2D eigenvalue weighted by Crippen LogP contribution is -2.41. The number of pyridine rings is 1. The molecule has 2 N–H and O–H groups in total. The molecule has 5 rings (SSSR count). The van der Waals surface area contributed by atoms with Gasteiger partial charge in [0.1, 0.15) is 5.69 Å². The van der Waals surface area contributed by atoms with Crippen LogP contribution in [0.1, 0.15) is 25.7 Å². The molecule has 3 aromatic rings. The number of nitrogens with zero attached hydrogens (tertiary/aromatic N) is 3. The largest absolute Gasteiger partial charge is 0.402 e. The molecule has 1 amide bonds. The maximum absolute atomic E-state index is 12.4. The van der Waals surface area contributed by atoms with Crippen molar-refractivity contribution in [2.75, 3.05) is 25.0 Å². The first-order valence-electron chi connectivity index (χ1n) is 9.60. The third-order valence-electron chi connectivity index (χ3n) is 5.93. The van der Waals surface area contributed by atoms with Crippen LogP contribution in [0.15, 0.2) is 39.5 Å². The van der Waals surface area contributed by atoms with E-state index in [9.17, 15) is 9.59 Å². The molecular weight excluding hydrogens is 358 g/mol. The molecule has 28 heavy (non-hydrogen) atoms. The van der Waals surface area contributed by atoms with Crippen LogP contribution in [0.3, 0.4) is 0 Å². The van der Waals surface area contributed by atoms with Crippen molar-refractivity contribution in [1.82, 2.24) is 20.1 Å². The summed E-state index contributed by atoms with van der Waals surface area (Å²) in [6.07, 6.45) is 4.85. The van der Waals surface area contributed by atoms with Gasteiger partial charge >= 0.3 is 6.01 Å². The smallest absolute Gasteiger partial charge is 0.316 e. The summed E-state index contributed by atoms with van der Waals surface area (Å²) in [5.74, 6) is 0.242. The van der Waals surface area contributed by atoms with Crippen LogP contribution in [-0.4, -0.2) is 45.6 Å². The monoisotopic (exact) mass is 379 g/mol. The molecule has 2 aliphatic rings. The van der Waals surface area contributed by atoms with Crippen LogP contribution in [0, 0.1) is 5.41 Å². The van der Waals surface area contributed by atoms with Crippen molar-refractivity contribution in [1.29, 1.82) is 0 Å². The van der Waals surface area contributed by atoms with Crippen molar-refractivity contribution < 1.29 is 9.21 Å². The molecule has 1 saturated heterocycles. The lowest BCUT2D eigenvalue weighted by molar-refractivity contribution is -0.130. The molecule has 1 aliphatic carbocycles. The van der Waals surface area contributed by atoms with E-state index in [0.717, 1.165) is 36.7 Å². The standard InChI is InChI=1S/C20H21N5O3/c26-15-11-13-3-1-2-4-14(13)17(22-15)18-23-24-19(28-18)21-12-16(27)25-9-7-20(5-6-20)8-10-25/h1-4,11H,5-10,12H2,(H,21,24)(H,22,26). The van der Waals surface area contributed by atoms with Gasteiger partial charge in [-0.05, 0) is 36.5 Å². The minimum Gasteiger partial charge on any atom is -0.402 e.